The van der Waals surface area contributed by atoms with Crippen LogP contribution in [0.25, 0.3) is 0 Å². The molecule has 2 aromatic rings. The van der Waals surface area contributed by atoms with E-state index in [1.54, 1.807) is 30.1 Å². The van der Waals surface area contributed by atoms with Crippen LogP contribution in [0.5, 0.6) is 5.75 Å². The summed E-state index contributed by atoms with van der Waals surface area (Å²) in [5.74, 6) is 0.126. The van der Waals surface area contributed by atoms with Crippen molar-refractivity contribution < 1.29 is 23.9 Å². The first-order chi connectivity index (χ1) is 16.4. The van der Waals surface area contributed by atoms with Gasteiger partial charge in [-0.15, -0.1) is 0 Å². The predicted octanol–water partition coefficient (Wildman–Crippen LogP) is 3.24. The minimum absolute atomic E-state index is 0.108. The van der Waals surface area contributed by atoms with Crippen molar-refractivity contribution in [2.45, 2.75) is 44.4 Å². The third kappa shape index (κ3) is 5.48. The standard InChI is InChI=1S/C25H30N4O5/c1-3-26-25(32)28-17-9-12-21-19(13-17)24(31)29(2)20-11-10-18(34-22(20)15-33-21)14-23(30)27-16-7-5-4-6-8-16/h4-9,12-13,18,20,22H,3,10-11,14-15H2,1-2H3,(H,27,30)(H2,26,28,32)/t18-,20-,22-/m0/s1. The first kappa shape index (κ1) is 23.6. The Bertz CT molecular complexity index is 1040. The zero-order valence-corrected chi connectivity index (χ0v) is 19.4. The minimum atomic E-state index is -0.349. The number of hydrogen-bond donors (Lipinski definition) is 3. The number of urea groups is 1. The number of nitrogens with zero attached hydrogens (tertiary/aromatic N) is 1. The lowest BCUT2D eigenvalue weighted by Gasteiger charge is -2.42. The summed E-state index contributed by atoms with van der Waals surface area (Å²) in [5.41, 5.74) is 1.65. The molecule has 0 aromatic heterocycles. The van der Waals surface area contributed by atoms with Gasteiger partial charge in [-0.1, -0.05) is 18.2 Å². The SMILES string of the molecule is CCNC(=O)Nc1ccc2c(c1)C(=O)N(C)[C@H]1CC[C@@H](CC(=O)Nc3ccccc3)O[C@H]1CO2. The second kappa shape index (κ2) is 10.6. The molecule has 0 radical (unpaired) electrons. The second-order valence-corrected chi connectivity index (χ2v) is 8.48. The number of nitrogens with one attached hydrogen (secondary N) is 3. The summed E-state index contributed by atoms with van der Waals surface area (Å²) in [7, 11) is 1.75. The van der Waals surface area contributed by atoms with Gasteiger partial charge in [0.2, 0.25) is 5.91 Å². The molecule has 0 saturated carbocycles. The van der Waals surface area contributed by atoms with E-state index in [1.165, 1.54) is 0 Å². The van der Waals surface area contributed by atoms with Crippen LogP contribution in [0.4, 0.5) is 16.2 Å². The van der Waals surface area contributed by atoms with Crippen LogP contribution in [-0.2, 0) is 9.53 Å². The van der Waals surface area contributed by atoms with Gasteiger partial charge in [0, 0.05) is 25.0 Å². The number of benzene rings is 2. The van der Waals surface area contributed by atoms with Gasteiger partial charge in [0.15, 0.2) is 0 Å². The van der Waals surface area contributed by atoms with E-state index in [9.17, 15) is 14.4 Å². The molecule has 2 aromatic carbocycles. The smallest absolute Gasteiger partial charge is 0.319 e. The molecule has 2 heterocycles. The normalized spacial score (nSPS) is 21.8. The van der Waals surface area contributed by atoms with Gasteiger partial charge in [-0.05, 0) is 50.1 Å². The van der Waals surface area contributed by atoms with E-state index in [4.69, 9.17) is 9.47 Å². The number of para-hydroxylation sites is 1. The molecule has 3 atom stereocenters. The second-order valence-electron chi connectivity index (χ2n) is 8.48. The summed E-state index contributed by atoms with van der Waals surface area (Å²) < 4.78 is 12.2. The van der Waals surface area contributed by atoms with Crippen molar-refractivity contribution >= 4 is 29.2 Å². The molecule has 2 aliphatic heterocycles. The van der Waals surface area contributed by atoms with Crippen LogP contribution in [0, 0.1) is 0 Å². The topological polar surface area (TPSA) is 109 Å². The van der Waals surface area contributed by atoms with Gasteiger partial charge in [-0.2, -0.15) is 0 Å². The predicted molar refractivity (Wildman–Crippen MR) is 128 cm³/mol. The Hall–Kier alpha value is -3.59. The molecule has 3 N–H and O–H groups in total. The fourth-order valence-electron chi connectivity index (χ4n) is 4.38. The van der Waals surface area contributed by atoms with E-state index in [2.05, 4.69) is 16.0 Å². The fourth-order valence-corrected chi connectivity index (χ4v) is 4.38. The summed E-state index contributed by atoms with van der Waals surface area (Å²) in [6.07, 6.45) is 0.998. The maximum atomic E-state index is 13.3. The maximum Gasteiger partial charge on any atom is 0.319 e. The Kier molecular flexibility index (Phi) is 7.32. The van der Waals surface area contributed by atoms with Gasteiger partial charge in [0.05, 0.1) is 24.1 Å². The van der Waals surface area contributed by atoms with Crippen LogP contribution in [0.1, 0.15) is 36.5 Å². The highest BCUT2D eigenvalue weighted by atomic mass is 16.5. The molecule has 1 fully saturated rings. The zero-order valence-electron chi connectivity index (χ0n) is 19.4. The molecule has 4 amide bonds. The molecular weight excluding hydrogens is 436 g/mol. The van der Waals surface area contributed by atoms with Crippen LogP contribution in [0.15, 0.2) is 48.5 Å². The first-order valence-electron chi connectivity index (χ1n) is 11.5. The molecule has 180 valence electrons. The summed E-state index contributed by atoms with van der Waals surface area (Å²) in [4.78, 5) is 39.3. The van der Waals surface area contributed by atoms with Gasteiger partial charge < -0.3 is 30.3 Å². The largest absolute Gasteiger partial charge is 0.490 e. The highest BCUT2D eigenvalue weighted by Crippen LogP contribution is 2.32. The van der Waals surface area contributed by atoms with Crippen molar-refractivity contribution in [1.82, 2.24) is 10.2 Å². The van der Waals surface area contributed by atoms with Gasteiger partial charge in [-0.25, -0.2) is 4.79 Å². The highest BCUT2D eigenvalue weighted by Gasteiger charge is 2.39. The van der Waals surface area contributed by atoms with Crippen molar-refractivity contribution in [1.29, 1.82) is 0 Å². The monoisotopic (exact) mass is 466 g/mol. The van der Waals surface area contributed by atoms with Crippen molar-refractivity contribution in [2.24, 2.45) is 0 Å². The summed E-state index contributed by atoms with van der Waals surface area (Å²) in [5, 5.41) is 8.28. The molecular formula is C25H30N4O5. The number of likely N-dealkylation sites (N-methyl/N-ethyl adjacent to an activating group) is 1. The number of fused-ring (bicyclic) bond motifs is 2. The molecule has 0 bridgehead atoms. The number of hydrogen-bond acceptors (Lipinski definition) is 5. The van der Waals surface area contributed by atoms with Crippen LogP contribution in [-0.4, -0.2) is 61.2 Å². The average Bonchev–Trinajstić information content (AvgIpc) is 2.82. The van der Waals surface area contributed by atoms with Crippen LogP contribution >= 0.6 is 0 Å². The van der Waals surface area contributed by atoms with Crippen LogP contribution in [0.2, 0.25) is 0 Å². The number of anilines is 2. The molecule has 2 aliphatic rings. The lowest BCUT2D eigenvalue weighted by molar-refractivity contribution is -0.130. The van der Waals surface area contributed by atoms with E-state index < -0.39 is 0 Å². The van der Waals surface area contributed by atoms with E-state index >= 15 is 0 Å². The number of carbonyl (C=O) groups excluding carboxylic acids is 3. The Labute approximate surface area is 198 Å². The molecule has 4 rings (SSSR count). The number of amides is 4. The quantitative estimate of drug-likeness (QED) is 0.627. The molecule has 1 saturated heterocycles. The Morgan fingerprint density at radius 1 is 1.06 bits per heavy atom. The van der Waals surface area contributed by atoms with Crippen molar-refractivity contribution in [3.05, 3.63) is 54.1 Å². The minimum Gasteiger partial charge on any atom is -0.490 e. The van der Waals surface area contributed by atoms with Crippen LogP contribution in [0.3, 0.4) is 0 Å². The number of ether oxygens (including phenoxy) is 2. The van der Waals surface area contributed by atoms with E-state index in [-0.39, 0.29) is 49.1 Å². The van der Waals surface area contributed by atoms with Crippen LogP contribution < -0.4 is 20.7 Å². The van der Waals surface area contributed by atoms with E-state index in [0.717, 1.165) is 5.69 Å². The van der Waals surface area contributed by atoms with Gasteiger partial charge in [0.25, 0.3) is 5.91 Å². The Morgan fingerprint density at radius 2 is 1.85 bits per heavy atom. The van der Waals surface area contributed by atoms with E-state index in [0.29, 0.717) is 36.4 Å². The summed E-state index contributed by atoms with van der Waals surface area (Å²) in [6, 6.07) is 13.8. The van der Waals surface area contributed by atoms with Gasteiger partial charge >= 0.3 is 6.03 Å². The third-order valence-corrected chi connectivity index (χ3v) is 6.08. The lowest BCUT2D eigenvalue weighted by Crippen LogP contribution is -2.53. The highest BCUT2D eigenvalue weighted by molar-refractivity contribution is 5.99. The Balaban J connectivity index is 1.42. The molecule has 9 heteroatoms. The zero-order chi connectivity index (χ0) is 24.1. The van der Waals surface area contributed by atoms with Gasteiger partial charge in [0.1, 0.15) is 18.5 Å². The molecule has 0 spiro atoms. The molecule has 0 unspecified atom stereocenters. The molecule has 9 nitrogen and oxygen atoms in total. The average molecular weight is 467 g/mol. The number of rotatable bonds is 5. The molecule has 0 aliphatic carbocycles. The third-order valence-electron chi connectivity index (χ3n) is 6.08. The maximum absolute atomic E-state index is 13.3. The lowest BCUT2D eigenvalue weighted by atomic mass is 9.94. The summed E-state index contributed by atoms with van der Waals surface area (Å²) >= 11 is 0. The van der Waals surface area contributed by atoms with Crippen molar-refractivity contribution in [2.75, 3.05) is 30.8 Å². The van der Waals surface area contributed by atoms with Crippen molar-refractivity contribution in [3.8, 4) is 5.75 Å². The fraction of sp³-hybridized carbons (Fsp3) is 0.400. The molecule has 34 heavy (non-hydrogen) atoms. The first-order valence-corrected chi connectivity index (χ1v) is 11.5. The number of carbonyl (C=O) groups is 3. The Morgan fingerprint density at radius 3 is 2.62 bits per heavy atom. The summed E-state index contributed by atoms with van der Waals surface area (Å²) in [6.45, 7) is 2.59. The van der Waals surface area contributed by atoms with Gasteiger partial charge in [-0.3, -0.25) is 9.59 Å². The van der Waals surface area contributed by atoms with E-state index in [1.807, 2.05) is 37.3 Å². The van der Waals surface area contributed by atoms with Crippen molar-refractivity contribution in [3.63, 3.8) is 0 Å².